The van der Waals surface area contributed by atoms with Crippen LogP contribution in [0.2, 0.25) is 0 Å². The molecule has 0 radical (unpaired) electrons. The molecule has 0 unspecified atom stereocenters. The third-order valence-electron chi connectivity index (χ3n) is 5.13. The van der Waals surface area contributed by atoms with Gasteiger partial charge in [-0.2, -0.15) is 0 Å². The number of aryl methyl sites for hydroxylation is 1. The zero-order chi connectivity index (χ0) is 20.9. The summed E-state index contributed by atoms with van der Waals surface area (Å²) in [6, 6.07) is 5.52. The van der Waals surface area contributed by atoms with Crippen molar-refractivity contribution in [2.45, 2.75) is 53.5 Å². The lowest BCUT2D eigenvalue weighted by atomic mass is 9.82. The number of ketones is 1. The van der Waals surface area contributed by atoms with E-state index >= 15 is 0 Å². The van der Waals surface area contributed by atoms with Crippen LogP contribution in [-0.4, -0.2) is 31.0 Å². The quantitative estimate of drug-likeness (QED) is 0.536. The molecule has 150 valence electrons. The molecule has 0 aliphatic carbocycles. The molecule has 0 saturated carbocycles. The maximum atomic E-state index is 12.8. The number of benzene rings is 1. The Morgan fingerprint density at radius 3 is 2.54 bits per heavy atom. The number of hydrogen-bond acceptors (Lipinski definition) is 4. The standard InChI is InChI=1S/C22H30N4O2/c1-8-22(5,6)19(28)13-9-10-14-15(11-13)24-20(23-14)17-18(27)16(12-26(17)7)25-21(2,3)4/h9-12,25,27H,8H2,1-7H3,(H,23,24). The van der Waals surface area contributed by atoms with Gasteiger partial charge in [-0.05, 0) is 45.4 Å². The fourth-order valence-electron chi connectivity index (χ4n) is 3.20. The molecular formula is C22H30N4O2. The molecule has 1 aromatic carbocycles. The highest BCUT2D eigenvalue weighted by Gasteiger charge is 2.27. The van der Waals surface area contributed by atoms with Crippen LogP contribution in [0.25, 0.3) is 22.6 Å². The molecule has 0 bridgehead atoms. The number of aromatic nitrogens is 3. The van der Waals surface area contributed by atoms with Crippen molar-refractivity contribution in [2.75, 3.05) is 5.32 Å². The van der Waals surface area contributed by atoms with E-state index in [1.807, 2.05) is 77.6 Å². The van der Waals surface area contributed by atoms with Crippen molar-refractivity contribution < 1.29 is 9.90 Å². The predicted molar refractivity (Wildman–Crippen MR) is 114 cm³/mol. The maximum Gasteiger partial charge on any atom is 0.168 e. The molecule has 0 amide bonds. The monoisotopic (exact) mass is 382 g/mol. The molecule has 0 atom stereocenters. The van der Waals surface area contributed by atoms with E-state index in [0.29, 0.717) is 22.8 Å². The van der Waals surface area contributed by atoms with Gasteiger partial charge < -0.3 is 20.0 Å². The van der Waals surface area contributed by atoms with Gasteiger partial charge in [0.25, 0.3) is 0 Å². The smallest absolute Gasteiger partial charge is 0.168 e. The molecule has 0 aliphatic rings. The van der Waals surface area contributed by atoms with Crippen LogP contribution in [0.1, 0.15) is 58.3 Å². The first-order chi connectivity index (χ1) is 12.9. The van der Waals surface area contributed by atoms with E-state index in [-0.39, 0.29) is 17.1 Å². The third kappa shape index (κ3) is 3.63. The van der Waals surface area contributed by atoms with Gasteiger partial charge in [0.05, 0.1) is 16.7 Å². The Balaban J connectivity index is 2.03. The van der Waals surface area contributed by atoms with Crippen LogP contribution in [0, 0.1) is 5.41 Å². The molecule has 0 spiro atoms. The lowest BCUT2D eigenvalue weighted by molar-refractivity contribution is 0.0833. The molecule has 3 rings (SSSR count). The van der Waals surface area contributed by atoms with Gasteiger partial charge >= 0.3 is 0 Å². The van der Waals surface area contributed by atoms with Gasteiger partial charge in [0.15, 0.2) is 17.4 Å². The summed E-state index contributed by atoms with van der Waals surface area (Å²) in [6.45, 7) is 12.1. The molecule has 2 heterocycles. The third-order valence-corrected chi connectivity index (χ3v) is 5.13. The molecule has 0 saturated heterocycles. The van der Waals surface area contributed by atoms with Crippen LogP contribution in [0.5, 0.6) is 5.75 Å². The van der Waals surface area contributed by atoms with E-state index in [1.165, 1.54) is 0 Å². The SMILES string of the molecule is CCC(C)(C)C(=O)c1ccc2nc(-c3c(O)c(NC(C)(C)C)cn3C)[nH]c2c1. The first-order valence-electron chi connectivity index (χ1n) is 9.64. The van der Waals surface area contributed by atoms with E-state index in [9.17, 15) is 9.90 Å². The normalized spacial score (nSPS) is 12.5. The van der Waals surface area contributed by atoms with Crippen LogP contribution in [0.4, 0.5) is 5.69 Å². The molecule has 2 aromatic heterocycles. The van der Waals surface area contributed by atoms with Crippen molar-refractivity contribution >= 4 is 22.5 Å². The number of nitrogens with one attached hydrogen (secondary N) is 2. The van der Waals surface area contributed by atoms with Crippen LogP contribution in [0.3, 0.4) is 0 Å². The molecule has 6 heteroatoms. The number of aromatic hydroxyl groups is 1. The summed E-state index contributed by atoms with van der Waals surface area (Å²) in [5, 5.41) is 14.0. The van der Waals surface area contributed by atoms with E-state index < -0.39 is 5.41 Å². The molecule has 0 fully saturated rings. The highest BCUT2D eigenvalue weighted by atomic mass is 16.3. The van der Waals surface area contributed by atoms with E-state index in [0.717, 1.165) is 17.5 Å². The highest BCUT2D eigenvalue weighted by molar-refractivity contribution is 6.02. The summed E-state index contributed by atoms with van der Waals surface area (Å²) in [7, 11) is 1.87. The number of nitrogens with zero attached hydrogens (tertiary/aromatic N) is 2. The summed E-state index contributed by atoms with van der Waals surface area (Å²) in [4.78, 5) is 20.7. The van der Waals surface area contributed by atoms with Gasteiger partial charge in [0.2, 0.25) is 0 Å². The Kier molecular flexibility index (Phi) is 4.77. The molecule has 6 nitrogen and oxygen atoms in total. The Morgan fingerprint density at radius 1 is 1.25 bits per heavy atom. The molecule has 0 aliphatic heterocycles. The van der Waals surface area contributed by atoms with Gasteiger partial charge in [0, 0.05) is 29.8 Å². The first kappa shape index (κ1) is 20.0. The maximum absolute atomic E-state index is 12.8. The zero-order valence-corrected chi connectivity index (χ0v) is 17.8. The number of fused-ring (bicyclic) bond motifs is 1. The van der Waals surface area contributed by atoms with Crippen LogP contribution in [-0.2, 0) is 7.05 Å². The Morgan fingerprint density at radius 2 is 1.93 bits per heavy atom. The predicted octanol–water partition coefficient (Wildman–Crippen LogP) is 5.10. The topological polar surface area (TPSA) is 82.9 Å². The van der Waals surface area contributed by atoms with Gasteiger partial charge in [0.1, 0.15) is 5.69 Å². The lowest BCUT2D eigenvalue weighted by Crippen LogP contribution is -2.25. The van der Waals surface area contributed by atoms with Gasteiger partial charge in [-0.15, -0.1) is 0 Å². The molecule has 28 heavy (non-hydrogen) atoms. The Labute approximate surface area is 166 Å². The second-order valence-corrected chi connectivity index (χ2v) is 9.11. The summed E-state index contributed by atoms with van der Waals surface area (Å²) >= 11 is 0. The number of carbonyl (C=O) groups is 1. The number of imidazole rings is 1. The van der Waals surface area contributed by atoms with Crippen molar-refractivity contribution in [1.82, 2.24) is 14.5 Å². The Hall–Kier alpha value is -2.76. The van der Waals surface area contributed by atoms with Gasteiger partial charge in [-0.25, -0.2) is 4.98 Å². The van der Waals surface area contributed by atoms with E-state index in [4.69, 9.17) is 0 Å². The number of H-pyrrole nitrogens is 1. The van der Waals surface area contributed by atoms with Crippen molar-refractivity contribution in [1.29, 1.82) is 0 Å². The summed E-state index contributed by atoms with van der Waals surface area (Å²) in [6.07, 6.45) is 2.63. The molecular weight excluding hydrogens is 352 g/mol. The number of hydrogen-bond donors (Lipinski definition) is 3. The lowest BCUT2D eigenvalue weighted by Gasteiger charge is -2.21. The number of Topliss-reactive ketones (excluding diaryl/α,β-unsaturated/α-hetero) is 1. The largest absolute Gasteiger partial charge is 0.504 e. The highest BCUT2D eigenvalue weighted by Crippen LogP contribution is 2.38. The second kappa shape index (κ2) is 6.69. The minimum atomic E-state index is -0.402. The summed E-state index contributed by atoms with van der Waals surface area (Å²) in [5.74, 6) is 0.836. The number of aromatic amines is 1. The number of carbonyl (C=O) groups excluding carboxylic acids is 1. The average Bonchev–Trinajstić information content (AvgIpc) is 3.12. The van der Waals surface area contributed by atoms with E-state index in [2.05, 4.69) is 15.3 Å². The van der Waals surface area contributed by atoms with Crippen LogP contribution in [0.15, 0.2) is 24.4 Å². The molecule has 3 N–H and O–H groups in total. The minimum absolute atomic E-state index is 0.117. The van der Waals surface area contributed by atoms with E-state index in [1.54, 1.807) is 0 Å². The number of anilines is 1. The van der Waals surface area contributed by atoms with Crippen molar-refractivity contribution in [2.24, 2.45) is 12.5 Å². The van der Waals surface area contributed by atoms with Crippen LogP contribution >= 0.6 is 0 Å². The Bertz CT molecular complexity index is 1030. The average molecular weight is 383 g/mol. The van der Waals surface area contributed by atoms with Gasteiger partial charge in [-0.3, -0.25) is 4.79 Å². The minimum Gasteiger partial charge on any atom is -0.504 e. The summed E-state index contributed by atoms with van der Waals surface area (Å²) < 4.78 is 1.84. The molecule has 3 aromatic rings. The fourth-order valence-corrected chi connectivity index (χ4v) is 3.20. The van der Waals surface area contributed by atoms with Crippen molar-refractivity contribution in [3.63, 3.8) is 0 Å². The zero-order valence-electron chi connectivity index (χ0n) is 17.8. The van der Waals surface area contributed by atoms with Crippen molar-refractivity contribution in [3.05, 3.63) is 30.0 Å². The van der Waals surface area contributed by atoms with Crippen LogP contribution < -0.4 is 5.32 Å². The number of rotatable bonds is 5. The second-order valence-electron chi connectivity index (χ2n) is 9.11. The first-order valence-corrected chi connectivity index (χ1v) is 9.64. The summed E-state index contributed by atoms with van der Waals surface area (Å²) in [5.41, 5.74) is 2.88. The van der Waals surface area contributed by atoms with Crippen molar-refractivity contribution in [3.8, 4) is 17.3 Å². The fraction of sp³-hybridized carbons (Fsp3) is 0.455. The van der Waals surface area contributed by atoms with Gasteiger partial charge in [-0.1, -0.05) is 20.8 Å².